The van der Waals surface area contributed by atoms with Crippen molar-refractivity contribution in [1.29, 1.82) is 0 Å². The summed E-state index contributed by atoms with van der Waals surface area (Å²) in [5, 5.41) is 11.7. The quantitative estimate of drug-likeness (QED) is 0.739. The molecule has 0 spiro atoms. The summed E-state index contributed by atoms with van der Waals surface area (Å²) in [5.74, 6) is -1.31. The van der Waals surface area contributed by atoms with Crippen molar-refractivity contribution in [1.82, 2.24) is 9.62 Å². The van der Waals surface area contributed by atoms with Crippen LogP contribution in [0.25, 0.3) is 0 Å². The minimum absolute atomic E-state index is 0.107. The fraction of sp³-hybridized carbons (Fsp3) is 0.833. The number of sulfonamides is 1. The van der Waals surface area contributed by atoms with Gasteiger partial charge in [-0.3, -0.25) is 9.59 Å². The van der Waals surface area contributed by atoms with Crippen LogP contribution < -0.4 is 5.32 Å². The van der Waals surface area contributed by atoms with Crippen LogP contribution in [-0.4, -0.2) is 54.1 Å². The lowest BCUT2D eigenvalue weighted by Crippen LogP contribution is -2.58. The summed E-state index contributed by atoms with van der Waals surface area (Å²) in [6.45, 7) is 0.350. The van der Waals surface area contributed by atoms with Crippen LogP contribution in [-0.2, 0) is 19.6 Å². The first-order valence-corrected chi connectivity index (χ1v) is 8.59. The standard InChI is InChI=1S/C12H20N2O5S/c1-20(18,19)14-7-2-4-9(14)11(17)13-12(5-3-6-12)8-10(15)16/h9H,2-8H2,1H3,(H,13,17)(H,15,16). The number of carbonyl (C=O) groups excluding carboxylic acids is 1. The summed E-state index contributed by atoms with van der Waals surface area (Å²) < 4.78 is 24.5. The van der Waals surface area contributed by atoms with Gasteiger partial charge in [-0.05, 0) is 32.1 Å². The zero-order valence-electron chi connectivity index (χ0n) is 11.5. The maximum Gasteiger partial charge on any atom is 0.305 e. The Morgan fingerprint density at radius 3 is 2.45 bits per heavy atom. The van der Waals surface area contributed by atoms with Crippen LogP contribution in [0.15, 0.2) is 0 Å². The van der Waals surface area contributed by atoms with Crippen molar-refractivity contribution in [2.75, 3.05) is 12.8 Å². The van der Waals surface area contributed by atoms with Crippen molar-refractivity contribution < 1.29 is 23.1 Å². The van der Waals surface area contributed by atoms with Crippen molar-refractivity contribution in [3.05, 3.63) is 0 Å². The molecule has 1 heterocycles. The van der Waals surface area contributed by atoms with Gasteiger partial charge in [0, 0.05) is 6.54 Å². The Balaban J connectivity index is 2.06. The molecule has 1 amide bonds. The highest BCUT2D eigenvalue weighted by Gasteiger charge is 2.44. The molecule has 0 radical (unpaired) electrons. The number of carboxylic acids is 1. The minimum atomic E-state index is -3.41. The molecule has 2 N–H and O–H groups in total. The summed E-state index contributed by atoms with van der Waals surface area (Å²) in [6, 6.07) is -0.698. The monoisotopic (exact) mass is 304 g/mol. The van der Waals surface area contributed by atoms with E-state index in [4.69, 9.17) is 5.11 Å². The van der Waals surface area contributed by atoms with Gasteiger partial charge in [-0.1, -0.05) is 0 Å². The van der Waals surface area contributed by atoms with Crippen LogP contribution >= 0.6 is 0 Å². The van der Waals surface area contributed by atoms with E-state index in [-0.39, 0.29) is 12.3 Å². The fourth-order valence-corrected chi connectivity index (χ4v) is 4.11. The number of rotatable bonds is 5. The molecule has 114 valence electrons. The van der Waals surface area contributed by atoms with E-state index in [2.05, 4.69) is 5.32 Å². The van der Waals surface area contributed by atoms with Crippen molar-refractivity contribution in [2.45, 2.75) is 50.1 Å². The first-order valence-electron chi connectivity index (χ1n) is 6.74. The van der Waals surface area contributed by atoms with Crippen LogP contribution in [0.5, 0.6) is 0 Å². The predicted octanol–water partition coefficient (Wildman–Crippen LogP) is -0.0760. The van der Waals surface area contributed by atoms with Crippen molar-refractivity contribution in [2.24, 2.45) is 0 Å². The van der Waals surface area contributed by atoms with E-state index in [0.717, 1.165) is 12.7 Å². The van der Waals surface area contributed by atoms with Gasteiger partial charge in [0.15, 0.2) is 0 Å². The van der Waals surface area contributed by atoms with Crippen LogP contribution in [0.3, 0.4) is 0 Å². The number of carbonyl (C=O) groups is 2. The SMILES string of the molecule is CS(=O)(=O)N1CCCC1C(=O)NC1(CC(=O)O)CCC1. The zero-order valence-corrected chi connectivity index (χ0v) is 12.3. The van der Waals surface area contributed by atoms with E-state index in [9.17, 15) is 18.0 Å². The van der Waals surface area contributed by atoms with Gasteiger partial charge in [0.25, 0.3) is 0 Å². The molecule has 8 heteroatoms. The van der Waals surface area contributed by atoms with Crippen molar-refractivity contribution in [3.8, 4) is 0 Å². The summed E-state index contributed by atoms with van der Waals surface area (Å²) in [7, 11) is -3.41. The average molecular weight is 304 g/mol. The third-order valence-electron chi connectivity index (χ3n) is 4.12. The first-order chi connectivity index (χ1) is 9.23. The number of hydrogen-bond donors (Lipinski definition) is 2. The third kappa shape index (κ3) is 3.12. The maximum atomic E-state index is 12.3. The number of hydrogen-bond acceptors (Lipinski definition) is 4. The third-order valence-corrected chi connectivity index (χ3v) is 5.41. The molecule has 2 aliphatic rings. The lowest BCUT2D eigenvalue weighted by atomic mass is 9.74. The minimum Gasteiger partial charge on any atom is -0.481 e. The topological polar surface area (TPSA) is 104 Å². The number of nitrogens with one attached hydrogen (secondary N) is 1. The smallest absolute Gasteiger partial charge is 0.305 e. The van der Waals surface area contributed by atoms with Gasteiger partial charge >= 0.3 is 5.97 Å². The second-order valence-electron chi connectivity index (χ2n) is 5.73. The predicted molar refractivity (Wildman–Crippen MR) is 71.5 cm³/mol. The molecule has 2 rings (SSSR count). The summed E-state index contributed by atoms with van der Waals surface area (Å²) in [4.78, 5) is 23.2. The number of nitrogens with zero attached hydrogens (tertiary/aromatic N) is 1. The van der Waals surface area contributed by atoms with Crippen LogP contribution in [0.2, 0.25) is 0 Å². The molecule has 0 aromatic heterocycles. The second kappa shape index (κ2) is 5.33. The molecular weight excluding hydrogens is 284 g/mol. The van der Waals surface area contributed by atoms with Gasteiger partial charge < -0.3 is 10.4 Å². The fourth-order valence-electron chi connectivity index (χ4n) is 2.98. The Morgan fingerprint density at radius 1 is 1.35 bits per heavy atom. The Bertz CT molecular complexity index is 512. The summed E-state index contributed by atoms with van der Waals surface area (Å²) in [5.41, 5.74) is -0.686. The molecular formula is C12H20N2O5S. The van der Waals surface area contributed by atoms with E-state index in [1.165, 1.54) is 4.31 Å². The molecule has 20 heavy (non-hydrogen) atoms. The van der Waals surface area contributed by atoms with Gasteiger partial charge in [-0.15, -0.1) is 0 Å². The Labute approximate surface area is 118 Å². The summed E-state index contributed by atoms with van der Waals surface area (Å²) in [6.07, 6.45) is 4.28. The molecule has 7 nitrogen and oxygen atoms in total. The van der Waals surface area contributed by atoms with Gasteiger partial charge in [-0.2, -0.15) is 4.31 Å². The lowest BCUT2D eigenvalue weighted by molar-refractivity contribution is -0.140. The second-order valence-corrected chi connectivity index (χ2v) is 7.66. The molecule has 0 bridgehead atoms. The largest absolute Gasteiger partial charge is 0.481 e. The first kappa shape index (κ1) is 15.2. The van der Waals surface area contributed by atoms with E-state index in [1.807, 2.05) is 0 Å². The van der Waals surface area contributed by atoms with Gasteiger partial charge in [-0.25, -0.2) is 8.42 Å². The molecule has 1 atom stereocenters. The van der Waals surface area contributed by atoms with Crippen molar-refractivity contribution in [3.63, 3.8) is 0 Å². The number of aliphatic carboxylic acids is 1. The Hall–Kier alpha value is -1.15. The van der Waals surface area contributed by atoms with Gasteiger partial charge in [0.1, 0.15) is 6.04 Å². The molecule has 1 saturated carbocycles. The van der Waals surface area contributed by atoms with Gasteiger partial charge in [0.2, 0.25) is 15.9 Å². The van der Waals surface area contributed by atoms with Crippen LogP contribution in [0.1, 0.15) is 38.5 Å². The van der Waals surface area contributed by atoms with Crippen LogP contribution in [0.4, 0.5) is 0 Å². The molecule has 1 aliphatic carbocycles. The van der Waals surface area contributed by atoms with Gasteiger partial charge in [0.05, 0.1) is 18.2 Å². The highest BCUT2D eigenvalue weighted by atomic mass is 32.2. The van der Waals surface area contributed by atoms with E-state index in [0.29, 0.717) is 32.2 Å². The highest BCUT2D eigenvalue weighted by Crippen LogP contribution is 2.35. The number of amides is 1. The molecule has 1 unspecified atom stereocenters. The lowest BCUT2D eigenvalue weighted by Gasteiger charge is -2.42. The maximum absolute atomic E-state index is 12.3. The molecule has 1 saturated heterocycles. The van der Waals surface area contributed by atoms with E-state index in [1.54, 1.807) is 0 Å². The molecule has 0 aromatic carbocycles. The van der Waals surface area contributed by atoms with E-state index < -0.39 is 27.6 Å². The zero-order chi connectivity index (χ0) is 15.0. The average Bonchev–Trinajstić information content (AvgIpc) is 2.73. The molecule has 1 aliphatic heterocycles. The van der Waals surface area contributed by atoms with Crippen molar-refractivity contribution >= 4 is 21.9 Å². The van der Waals surface area contributed by atoms with E-state index >= 15 is 0 Å². The van der Waals surface area contributed by atoms with Crippen LogP contribution in [0, 0.1) is 0 Å². The molecule has 2 fully saturated rings. The number of carboxylic acid groups (broad SMARTS) is 1. The Morgan fingerprint density at radius 2 is 2.00 bits per heavy atom. The summed E-state index contributed by atoms with van der Waals surface area (Å²) >= 11 is 0. The normalized spacial score (nSPS) is 25.9. The Kier molecular flexibility index (Phi) is 4.06. The molecule has 0 aromatic rings. The highest BCUT2D eigenvalue weighted by molar-refractivity contribution is 7.88.